The van der Waals surface area contributed by atoms with Gasteiger partial charge >= 0.3 is 5.97 Å². The molecule has 3 rings (SSSR count). The maximum Gasteiger partial charge on any atom is 0.306 e. The molecule has 0 bridgehead atoms. The Balaban J connectivity index is 1.29. The summed E-state index contributed by atoms with van der Waals surface area (Å²) in [6.45, 7) is 0.0112. The van der Waals surface area contributed by atoms with Gasteiger partial charge in [0, 0.05) is 10.9 Å². The summed E-state index contributed by atoms with van der Waals surface area (Å²) in [7, 11) is 0. The van der Waals surface area contributed by atoms with Crippen molar-refractivity contribution in [2.24, 2.45) is 0 Å². The lowest BCUT2D eigenvalue weighted by Gasteiger charge is -2.13. The number of halogens is 2. The number of hydrogen-bond donors (Lipinski definition) is 3. The third kappa shape index (κ3) is 9.75. The molecule has 0 fully saturated rings. The van der Waals surface area contributed by atoms with Crippen LogP contribution < -0.4 is 20.9 Å². The summed E-state index contributed by atoms with van der Waals surface area (Å²) in [6.07, 6.45) is 1.35. The smallest absolute Gasteiger partial charge is 0.306 e. The third-order valence-electron chi connectivity index (χ3n) is 5.08. The zero-order valence-electron chi connectivity index (χ0n) is 19.7. The number of esters is 1. The van der Waals surface area contributed by atoms with Crippen LogP contribution >= 0.6 is 44.1 Å². The molecule has 11 heteroatoms. The van der Waals surface area contributed by atoms with Crippen LogP contribution in [0.4, 0.5) is 0 Å². The Morgan fingerprint density at radius 1 is 0.892 bits per heavy atom. The van der Waals surface area contributed by atoms with Gasteiger partial charge in [0.15, 0.2) is 11.7 Å². The van der Waals surface area contributed by atoms with Crippen LogP contribution in [-0.4, -0.2) is 36.1 Å². The predicted octanol–water partition coefficient (Wildman–Crippen LogP) is 4.72. The van der Waals surface area contributed by atoms with Gasteiger partial charge in [0.05, 0.1) is 17.5 Å². The van der Waals surface area contributed by atoms with Crippen molar-refractivity contribution in [3.05, 3.63) is 75.2 Å². The van der Waals surface area contributed by atoms with Gasteiger partial charge in [-0.15, -0.1) is 0 Å². The van der Waals surface area contributed by atoms with Crippen LogP contribution in [0.15, 0.2) is 69.6 Å². The number of nitrogens with one attached hydrogen (secondary N) is 3. The first-order valence-electron chi connectivity index (χ1n) is 11.4. The van der Waals surface area contributed by atoms with E-state index in [-0.39, 0.29) is 31.2 Å². The van der Waals surface area contributed by atoms with Crippen molar-refractivity contribution in [1.82, 2.24) is 16.2 Å². The molecule has 0 saturated heterocycles. The van der Waals surface area contributed by atoms with E-state index in [1.54, 1.807) is 6.07 Å². The molecule has 0 aliphatic carbocycles. The molecular weight excluding hydrogens is 626 g/mol. The molecule has 3 aromatic carbocycles. The van der Waals surface area contributed by atoms with E-state index < -0.39 is 17.8 Å². The zero-order valence-corrected chi connectivity index (χ0v) is 23.7. The van der Waals surface area contributed by atoms with E-state index in [9.17, 15) is 14.4 Å². The van der Waals surface area contributed by atoms with Crippen LogP contribution in [0.1, 0.15) is 24.8 Å². The summed E-state index contributed by atoms with van der Waals surface area (Å²) in [5.74, 6) is -0.928. The lowest BCUT2D eigenvalue weighted by atomic mass is 10.1. The maximum absolute atomic E-state index is 12.1. The Kier molecular flexibility index (Phi) is 11.3. The number of thiocarbonyl (C=S) groups is 1. The topological polar surface area (TPSA) is 106 Å². The average Bonchev–Trinajstić information content (AvgIpc) is 2.89. The fourth-order valence-electron chi connectivity index (χ4n) is 3.28. The maximum atomic E-state index is 12.1. The van der Waals surface area contributed by atoms with Crippen molar-refractivity contribution < 1.29 is 23.9 Å². The number of amides is 2. The standard InChI is InChI=1S/C26H25Br2N3O5S/c27-19-9-10-20-18(15-19)8-11-21(25(20)28)36-16-23(33)30-31-26(37)29-22(32)12-13-24(34)35-14-4-7-17-5-2-1-3-6-17/h1-3,5-6,8-11,15H,4,7,12-14,16H2,(H,30,33)(H2,29,31,32,37). The van der Waals surface area contributed by atoms with E-state index in [1.165, 1.54) is 5.56 Å². The second-order valence-corrected chi connectivity index (χ2v) is 10.0. The highest BCUT2D eigenvalue weighted by Crippen LogP contribution is 2.34. The molecule has 0 aromatic heterocycles. The molecule has 0 aliphatic heterocycles. The first-order chi connectivity index (χ1) is 17.8. The Labute approximate surface area is 236 Å². The summed E-state index contributed by atoms with van der Waals surface area (Å²) in [6, 6.07) is 19.4. The van der Waals surface area contributed by atoms with E-state index >= 15 is 0 Å². The second-order valence-electron chi connectivity index (χ2n) is 7.89. The zero-order chi connectivity index (χ0) is 26.6. The van der Waals surface area contributed by atoms with Crippen molar-refractivity contribution in [2.75, 3.05) is 13.2 Å². The Morgan fingerprint density at radius 3 is 2.46 bits per heavy atom. The van der Waals surface area contributed by atoms with E-state index in [1.807, 2.05) is 54.6 Å². The van der Waals surface area contributed by atoms with E-state index in [4.69, 9.17) is 21.7 Å². The van der Waals surface area contributed by atoms with Gasteiger partial charge < -0.3 is 14.8 Å². The molecule has 194 valence electrons. The number of carbonyl (C=O) groups is 3. The van der Waals surface area contributed by atoms with Crippen molar-refractivity contribution in [3.8, 4) is 5.75 Å². The van der Waals surface area contributed by atoms with Crippen LogP contribution in [0, 0.1) is 0 Å². The summed E-state index contributed by atoms with van der Waals surface area (Å²) in [5.41, 5.74) is 5.96. The van der Waals surface area contributed by atoms with Gasteiger partial charge in [-0.25, -0.2) is 0 Å². The van der Waals surface area contributed by atoms with Gasteiger partial charge in [0.1, 0.15) is 5.75 Å². The number of fused-ring (bicyclic) bond motifs is 1. The van der Waals surface area contributed by atoms with Crippen molar-refractivity contribution in [2.45, 2.75) is 25.7 Å². The monoisotopic (exact) mass is 649 g/mol. The molecule has 2 amide bonds. The molecule has 0 spiro atoms. The lowest BCUT2D eigenvalue weighted by molar-refractivity contribution is -0.145. The van der Waals surface area contributed by atoms with Gasteiger partial charge in [-0.2, -0.15) is 0 Å². The second kappa shape index (κ2) is 14.7. The van der Waals surface area contributed by atoms with Gasteiger partial charge in [0.2, 0.25) is 5.91 Å². The Bertz CT molecular complexity index is 1270. The molecule has 37 heavy (non-hydrogen) atoms. The normalized spacial score (nSPS) is 10.4. The minimum atomic E-state index is -0.501. The number of aryl methyl sites for hydroxylation is 1. The first-order valence-corrected chi connectivity index (χ1v) is 13.4. The number of carbonyl (C=O) groups excluding carboxylic acids is 3. The number of hydrogen-bond acceptors (Lipinski definition) is 6. The highest BCUT2D eigenvalue weighted by atomic mass is 79.9. The van der Waals surface area contributed by atoms with E-state index in [0.717, 1.165) is 26.1 Å². The lowest BCUT2D eigenvalue weighted by Crippen LogP contribution is -2.49. The summed E-state index contributed by atoms with van der Waals surface area (Å²) in [4.78, 5) is 35.9. The number of rotatable bonds is 10. The van der Waals surface area contributed by atoms with Crippen molar-refractivity contribution in [3.63, 3.8) is 0 Å². The molecule has 0 saturated carbocycles. The molecule has 3 aromatic rings. The van der Waals surface area contributed by atoms with Gasteiger partial charge in [0.25, 0.3) is 5.91 Å². The SMILES string of the molecule is O=C(COc1ccc2cc(Br)ccc2c1Br)NNC(=S)NC(=O)CCC(=O)OCCCc1ccccc1. The van der Waals surface area contributed by atoms with Gasteiger partial charge in [-0.05, 0) is 75.5 Å². The molecule has 0 atom stereocenters. The number of ether oxygens (including phenoxy) is 2. The van der Waals surface area contributed by atoms with Crippen LogP contribution in [0.5, 0.6) is 5.75 Å². The average molecular weight is 651 g/mol. The molecule has 0 unspecified atom stereocenters. The quantitative estimate of drug-likeness (QED) is 0.126. The number of hydrazine groups is 1. The van der Waals surface area contributed by atoms with Crippen molar-refractivity contribution in [1.29, 1.82) is 0 Å². The predicted molar refractivity (Wildman–Crippen MR) is 152 cm³/mol. The van der Waals surface area contributed by atoms with Crippen LogP contribution in [-0.2, 0) is 25.5 Å². The van der Waals surface area contributed by atoms with Crippen LogP contribution in [0.25, 0.3) is 10.8 Å². The molecule has 3 N–H and O–H groups in total. The third-order valence-corrected chi connectivity index (χ3v) is 6.60. The molecule has 8 nitrogen and oxygen atoms in total. The summed E-state index contributed by atoms with van der Waals surface area (Å²) >= 11 is 11.9. The first kappa shape index (κ1) is 28.5. The fraction of sp³-hybridized carbons (Fsp3) is 0.231. The van der Waals surface area contributed by atoms with Gasteiger partial charge in [-0.1, -0.05) is 58.4 Å². The summed E-state index contributed by atoms with van der Waals surface area (Å²) in [5, 5.41) is 4.24. The van der Waals surface area contributed by atoms with Gasteiger partial charge in [-0.3, -0.25) is 25.2 Å². The highest BCUT2D eigenvalue weighted by Gasteiger charge is 2.12. The Hall–Kier alpha value is -3.02. The van der Waals surface area contributed by atoms with E-state index in [0.29, 0.717) is 12.2 Å². The largest absolute Gasteiger partial charge is 0.483 e. The molecule has 0 aliphatic rings. The molecule has 0 radical (unpaired) electrons. The Morgan fingerprint density at radius 2 is 1.68 bits per heavy atom. The van der Waals surface area contributed by atoms with E-state index in [2.05, 4.69) is 48.0 Å². The molecular formula is C26H25Br2N3O5S. The van der Waals surface area contributed by atoms with Crippen molar-refractivity contribution >= 4 is 77.7 Å². The van der Waals surface area contributed by atoms with Crippen LogP contribution in [0.3, 0.4) is 0 Å². The highest BCUT2D eigenvalue weighted by molar-refractivity contribution is 9.11. The summed E-state index contributed by atoms with van der Waals surface area (Å²) < 4.78 is 12.4. The minimum absolute atomic E-state index is 0.0719. The number of benzene rings is 3. The molecule has 0 heterocycles. The van der Waals surface area contributed by atoms with Crippen LogP contribution in [0.2, 0.25) is 0 Å². The minimum Gasteiger partial charge on any atom is -0.483 e. The fourth-order valence-corrected chi connectivity index (χ4v) is 4.43.